The molecule has 0 amide bonds. The minimum atomic E-state index is -0.760. The largest absolute Gasteiger partial charge is 0.481 e. The number of aliphatic carboxylic acids is 1. The van der Waals surface area contributed by atoms with Crippen molar-refractivity contribution >= 4 is 5.97 Å². The number of hydrogen-bond acceptors (Lipinski definition) is 3. The van der Waals surface area contributed by atoms with Crippen molar-refractivity contribution in [3.8, 4) is 5.88 Å². The summed E-state index contributed by atoms with van der Waals surface area (Å²) in [5.41, 5.74) is 0.850. The third-order valence-corrected chi connectivity index (χ3v) is 2.61. The van der Waals surface area contributed by atoms with Crippen LogP contribution < -0.4 is 4.74 Å². The zero-order valence-corrected chi connectivity index (χ0v) is 10.5. The summed E-state index contributed by atoms with van der Waals surface area (Å²) in [5.74, 6) is -0.265. The van der Waals surface area contributed by atoms with E-state index in [0.29, 0.717) is 24.6 Å². The molecule has 94 valence electrons. The average Bonchev–Trinajstić information content (AvgIpc) is 2.28. The lowest BCUT2D eigenvalue weighted by Crippen LogP contribution is -2.19. The molecule has 1 atom stereocenters. The molecule has 0 radical (unpaired) electrons. The molecule has 17 heavy (non-hydrogen) atoms. The minimum absolute atomic E-state index is 0.360. The van der Waals surface area contributed by atoms with Crippen LogP contribution in [0.3, 0.4) is 0 Å². The van der Waals surface area contributed by atoms with Crippen LogP contribution in [-0.2, 0) is 11.2 Å². The lowest BCUT2D eigenvalue weighted by atomic mass is 9.91. The van der Waals surface area contributed by atoms with E-state index in [1.165, 1.54) is 0 Å². The van der Waals surface area contributed by atoms with E-state index in [-0.39, 0.29) is 5.92 Å². The van der Waals surface area contributed by atoms with Crippen LogP contribution >= 0.6 is 0 Å². The van der Waals surface area contributed by atoms with Crippen LogP contribution in [0.1, 0.15) is 25.8 Å². The van der Waals surface area contributed by atoms with Crippen molar-refractivity contribution in [1.82, 2.24) is 4.98 Å². The molecule has 1 heterocycles. The monoisotopic (exact) mass is 237 g/mol. The number of aromatic nitrogens is 1. The van der Waals surface area contributed by atoms with E-state index in [1.54, 1.807) is 19.4 Å². The van der Waals surface area contributed by atoms with Gasteiger partial charge in [-0.25, -0.2) is 4.98 Å². The Balaban J connectivity index is 2.82. The van der Waals surface area contributed by atoms with Gasteiger partial charge < -0.3 is 9.84 Å². The molecule has 1 N–H and O–H groups in total. The van der Waals surface area contributed by atoms with Crippen LogP contribution in [0.25, 0.3) is 0 Å². The van der Waals surface area contributed by atoms with E-state index in [1.807, 2.05) is 19.9 Å². The van der Waals surface area contributed by atoms with Gasteiger partial charge >= 0.3 is 5.97 Å². The minimum Gasteiger partial charge on any atom is -0.481 e. The highest BCUT2D eigenvalue weighted by atomic mass is 16.5. The van der Waals surface area contributed by atoms with Gasteiger partial charge in [-0.2, -0.15) is 0 Å². The summed E-state index contributed by atoms with van der Waals surface area (Å²) in [6.45, 7) is 4.05. The Morgan fingerprint density at radius 2 is 2.24 bits per heavy atom. The third kappa shape index (κ3) is 4.06. The van der Waals surface area contributed by atoms with E-state index >= 15 is 0 Å². The third-order valence-electron chi connectivity index (χ3n) is 2.61. The Kier molecular flexibility index (Phi) is 4.94. The van der Waals surface area contributed by atoms with E-state index < -0.39 is 5.97 Å². The van der Waals surface area contributed by atoms with E-state index in [0.717, 1.165) is 5.56 Å². The Bertz CT molecular complexity index is 377. The lowest BCUT2D eigenvalue weighted by Gasteiger charge is -2.15. The second-order valence-corrected chi connectivity index (χ2v) is 4.54. The van der Waals surface area contributed by atoms with Crippen LogP contribution in [0.4, 0.5) is 0 Å². The van der Waals surface area contributed by atoms with Gasteiger partial charge in [-0.05, 0) is 24.8 Å². The summed E-state index contributed by atoms with van der Waals surface area (Å²) in [5, 5.41) is 9.19. The van der Waals surface area contributed by atoms with Crippen LogP contribution in [0.2, 0.25) is 0 Å². The lowest BCUT2D eigenvalue weighted by molar-refractivity contribution is -0.142. The topological polar surface area (TPSA) is 59.4 Å². The predicted octanol–water partition coefficient (Wildman–Crippen LogP) is 2.38. The number of pyridine rings is 1. The summed E-state index contributed by atoms with van der Waals surface area (Å²) in [6, 6.07) is 3.66. The van der Waals surface area contributed by atoms with Gasteiger partial charge in [-0.3, -0.25) is 4.79 Å². The molecule has 0 aliphatic carbocycles. The van der Waals surface area contributed by atoms with Crippen LogP contribution in [0.15, 0.2) is 18.3 Å². The molecule has 1 aromatic heterocycles. The summed E-state index contributed by atoms with van der Waals surface area (Å²) in [6.07, 6.45) is 2.76. The van der Waals surface area contributed by atoms with E-state index in [9.17, 15) is 9.90 Å². The van der Waals surface area contributed by atoms with Gasteiger partial charge in [0, 0.05) is 11.8 Å². The van der Waals surface area contributed by atoms with Crippen molar-refractivity contribution in [2.45, 2.75) is 26.7 Å². The Hall–Kier alpha value is -1.58. The second kappa shape index (κ2) is 6.23. The van der Waals surface area contributed by atoms with Crippen molar-refractivity contribution in [1.29, 1.82) is 0 Å². The zero-order valence-electron chi connectivity index (χ0n) is 10.5. The highest BCUT2D eigenvalue weighted by molar-refractivity contribution is 5.70. The highest BCUT2D eigenvalue weighted by Crippen LogP contribution is 2.22. The van der Waals surface area contributed by atoms with Gasteiger partial charge in [0.15, 0.2) is 0 Å². The standard InChI is InChI=1S/C13H19NO3/c1-9(2)7-11(13(15)16)8-10-5-4-6-14-12(10)17-3/h4-6,9,11H,7-8H2,1-3H3,(H,15,16). The molecule has 0 aromatic carbocycles. The maximum Gasteiger partial charge on any atom is 0.306 e. The molecule has 0 fully saturated rings. The smallest absolute Gasteiger partial charge is 0.306 e. The molecule has 0 aliphatic heterocycles. The molecular weight excluding hydrogens is 218 g/mol. The summed E-state index contributed by atoms with van der Waals surface area (Å²) < 4.78 is 5.13. The first kappa shape index (κ1) is 13.5. The van der Waals surface area contributed by atoms with Crippen molar-refractivity contribution < 1.29 is 14.6 Å². The molecule has 0 bridgehead atoms. The highest BCUT2D eigenvalue weighted by Gasteiger charge is 2.21. The fourth-order valence-corrected chi connectivity index (χ4v) is 1.87. The number of methoxy groups -OCH3 is 1. The molecule has 1 aromatic rings. The average molecular weight is 237 g/mol. The molecule has 0 saturated heterocycles. The number of rotatable bonds is 6. The maximum absolute atomic E-state index is 11.2. The predicted molar refractivity (Wildman–Crippen MR) is 65.1 cm³/mol. The Morgan fingerprint density at radius 1 is 1.53 bits per heavy atom. The summed E-state index contributed by atoms with van der Waals surface area (Å²) in [7, 11) is 1.55. The number of ether oxygens (including phenoxy) is 1. The Labute approximate surface area is 102 Å². The van der Waals surface area contributed by atoms with Gasteiger partial charge in [0.25, 0.3) is 0 Å². The van der Waals surface area contributed by atoms with Gasteiger partial charge in [-0.1, -0.05) is 19.9 Å². The van der Waals surface area contributed by atoms with Gasteiger partial charge in [0.2, 0.25) is 5.88 Å². The number of hydrogen-bond donors (Lipinski definition) is 1. The van der Waals surface area contributed by atoms with Crippen molar-refractivity contribution in [3.05, 3.63) is 23.9 Å². The molecule has 4 heteroatoms. The van der Waals surface area contributed by atoms with E-state index in [4.69, 9.17) is 4.74 Å². The van der Waals surface area contributed by atoms with Gasteiger partial charge in [0.05, 0.1) is 13.0 Å². The summed E-state index contributed by atoms with van der Waals surface area (Å²) >= 11 is 0. The molecule has 0 saturated carbocycles. The van der Waals surface area contributed by atoms with Crippen LogP contribution in [0.5, 0.6) is 5.88 Å². The molecule has 0 aliphatic rings. The fourth-order valence-electron chi connectivity index (χ4n) is 1.87. The number of carboxylic acids is 1. The van der Waals surface area contributed by atoms with Crippen molar-refractivity contribution in [2.24, 2.45) is 11.8 Å². The number of carbonyl (C=O) groups is 1. The van der Waals surface area contributed by atoms with Gasteiger partial charge in [0.1, 0.15) is 0 Å². The first-order valence-corrected chi connectivity index (χ1v) is 5.75. The number of carboxylic acid groups (broad SMARTS) is 1. The van der Waals surface area contributed by atoms with Crippen molar-refractivity contribution in [3.63, 3.8) is 0 Å². The summed E-state index contributed by atoms with van der Waals surface area (Å²) in [4.78, 5) is 15.3. The molecule has 1 unspecified atom stereocenters. The maximum atomic E-state index is 11.2. The SMILES string of the molecule is COc1ncccc1CC(CC(C)C)C(=O)O. The van der Waals surface area contributed by atoms with E-state index in [2.05, 4.69) is 4.98 Å². The molecule has 1 rings (SSSR count). The molecule has 4 nitrogen and oxygen atoms in total. The Morgan fingerprint density at radius 3 is 2.76 bits per heavy atom. The van der Waals surface area contributed by atoms with Crippen LogP contribution in [0, 0.1) is 11.8 Å². The number of nitrogens with zero attached hydrogens (tertiary/aromatic N) is 1. The zero-order chi connectivity index (χ0) is 12.8. The first-order valence-electron chi connectivity index (χ1n) is 5.75. The second-order valence-electron chi connectivity index (χ2n) is 4.54. The molecular formula is C13H19NO3. The normalized spacial score (nSPS) is 12.5. The fraction of sp³-hybridized carbons (Fsp3) is 0.538. The quantitative estimate of drug-likeness (QED) is 0.825. The first-order chi connectivity index (χ1) is 8.04. The van der Waals surface area contributed by atoms with Crippen molar-refractivity contribution in [2.75, 3.05) is 7.11 Å². The molecule has 0 spiro atoms. The van der Waals surface area contributed by atoms with Gasteiger partial charge in [-0.15, -0.1) is 0 Å². The van der Waals surface area contributed by atoms with Crippen LogP contribution in [-0.4, -0.2) is 23.2 Å².